The number of aromatic carboxylic acids is 1. The number of hydrogen-bond donors (Lipinski definition) is 3. The number of nitrogens with one attached hydrogen (secondary N) is 1. The summed E-state index contributed by atoms with van der Waals surface area (Å²) in [5.74, 6) is 0.906. The van der Waals surface area contributed by atoms with Crippen LogP contribution in [0.25, 0.3) is 0 Å². The van der Waals surface area contributed by atoms with Crippen molar-refractivity contribution in [3.05, 3.63) is 29.3 Å². The number of carbonyl (C=O) groups excluding carboxylic acids is 1. The Hall–Kier alpha value is -2.32. The summed E-state index contributed by atoms with van der Waals surface area (Å²) in [5, 5.41) is 11.4. The van der Waals surface area contributed by atoms with Crippen LogP contribution in [0.5, 0.6) is 0 Å². The molecule has 0 fully saturated rings. The molecule has 18 heavy (non-hydrogen) atoms. The highest BCUT2D eigenvalue weighted by atomic mass is 16.4. The fourth-order valence-corrected chi connectivity index (χ4v) is 1.38. The molecule has 94 valence electrons. The summed E-state index contributed by atoms with van der Waals surface area (Å²) < 4.78 is 0. The van der Waals surface area contributed by atoms with Crippen molar-refractivity contribution in [3.63, 3.8) is 0 Å². The lowest BCUT2D eigenvalue weighted by Crippen LogP contribution is -2.35. The average molecular weight is 246 g/mol. The van der Waals surface area contributed by atoms with Crippen LogP contribution in [0, 0.1) is 19.3 Å². The van der Waals surface area contributed by atoms with Crippen LogP contribution < -0.4 is 11.1 Å². The second kappa shape index (κ2) is 5.84. The van der Waals surface area contributed by atoms with Gasteiger partial charge in [0.25, 0.3) is 0 Å². The van der Waals surface area contributed by atoms with Crippen molar-refractivity contribution in [1.82, 2.24) is 0 Å². The SMILES string of the molecule is C#CCC(N)C(=O)Nc1ccc(C(=O)O)cc1C. The van der Waals surface area contributed by atoms with E-state index in [2.05, 4.69) is 11.2 Å². The third-order valence-electron chi connectivity index (χ3n) is 2.41. The van der Waals surface area contributed by atoms with Crippen molar-refractivity contribution in [2.45, 2.75) is 19.4 Å². The minimum absolute atomic E-state index is 0.151. The number of hydrogen-bond acceptors (Lipinski definition) is 3. The first-order valence-corrected chi connectivity index (χ1v) is 5.29. The number of carbonyl (C=O) groups is 2. The molecule has 1 aromatic rings. The van der Waals surface area contributed by atoms with Crippen molar-refractivity contribution >= 4 is 17.6 Å². The molecule has 0 bridgehead atoms. The summed E-state index contributed by atoms with van der Waals surface area (Å²) in [6.07, 6.45) is 5.22. The van der Waals surface area contributed by atoms with Gasteiger partial charge in [0.05, 0.1) is 11.6 Å². The average Bonchev–Trinajstić information content (AvgIpc) is 2.31. The molecule has 1 unspecified atom stereocenters. The van der Waals surface area contributed by atoms with Gasteiger partial charge in [0.1, 0.15) is 0 Å². The van der Waals surface area contributed by atoms with Crippen LogP contribution in [-0.4, -0.2) is 23.0 Å². The van der Waals surface area contributed by atoms with Crippen molar-refractivity contribution < 1.29 is 14.7 Å². The van der Waals surface area contributed by atoms with E-state index in [0.29, 0.717) is 11.3 Å². The lowest BCUT2D eigenvalue weighted by atomic mass is 10.1. The fraction of sp³-hybridized carbons (Fsp3) is 0.231. The van der Waals surface area contributed by atoms with E-state index in [0.717, 1.165) is 0 Å². The van der Waals surface area contributed by atoms with Crippen LogP contribution >= 0.6 is 0 Å². The predicted octanol–water partition coefficient (Wildman–Crippen LogP) is 0.982. The molecular formula is C13H14N2O3. The minimum atomic E-state index is -1.01. The first-order chi connectivity index (χ1) is 8.45. The summed E-state index contributed by atoms with van der Waals surface area (Å²) in [7, 11) is 0. The maximum absolute atomic E-state index is 11.6. The molecular weight excluding hydrogens is 232 g/mol. The van der Waals surface area contributed by atoms with Gasteiger partial charge in [0.15, 0.2) is 0 Å². The second-order valence-electron chi connectivity index (χ2n) is 3.84. The standard InChI is InChI=1S/C13H14N2O3/c1-3-4-10(14)12(16)15-11-6-5-9(13(17)18)7-8(11)2/h1,5-7,10H,4,14H2,2H3,(H,15,16)(H,17,18). The van der Waals surface area contributed by atoms with Crippen molar-refractivity contribution in [1.29, 1.82) is 0 Å². The summed E-state index contributed by atoms with van der Waals surface area (Å²) in [5.41, 5.74) is 6.89. The first-order valence-electron chi connectivity index (χ1n) is 5.29. The van der Waals surface area contributed by atoms with Crippen molar-refractivity contribution in [2.75, 3.05) is 5.32 Å². The molecule has 5 heteroatoms. The normalized spacial score (nSPS) is 11.4. The number of carboxylic acid groups (broad SMARTS) is 1. The summed E-state index contributed by atoms with van der Waals surface area (Å²) in [6, 6.07) is 3.65. The van der Waals surface area contributed by atoms with Crippen LogP contribution in [0.1, 0.15) is 22.3 Å². The Labute approximate surface area is 105 Å². The Morgan fingerprint density at radius 2 is 2.22 bits per heavy atom. The van der Waals surface area contributed by atoms with E-state index in [4.69, 9.17) is 17.3 Å². The molecule has 0 heterocycles. The molecule has 0 aliphatic heterocycles. The van der Waals surface area contributed by atoms with Crippen molar-refractivity contribution in [3.8, 4) is 12.3 Å². The molecule has 0 saturated heterocycles. The number of rotatable bonds is 4. The lowest BCUT2D eigenvalue weighted by Gasteiger charge is -2.12. The Bertz CT molecular complexity index is 517. The quantitative estimate of drug-likeness (QED) is 0.690. The Kier molecular flexibility index (Phi) is 4.46. The lowest BCUT2D eigenvalue weighted by molar-refractivity contribution is -0.117. The molecule has 0 aliphatic rings. The smallest absolute Gasteiger partial charge is 0.335 e. The Morgan fingerprint density at radius 1 is 1.56 bits per heavy atom. The minimum Gasteiger partial charge on any atom is -0.478 e. The monoisotopic (exact) mass is 246 g/mol. The van der Waals surface area contributed by atoms with E-state index in [-0.39, 0.29) is 17.9 Å². The van der Waals surface area contributed by atoms with Gasteiger partial charge in [-0.05, 0) is 30.7 Å². The highest BCUT2D eigenvalue weighted by Crippen LogP contribution is 2.16. The number of nitrogens with two attached hydrogens (primary N) is 1. The summed E-state index contributed by atoms with van der Waals surface area (Å²) in [4.78, 5) is 22.4. The van der Waals surface area contributed by atoms with Crippen LogP contribution in [0.2, 0.25) is 0 Å². The Balaban J connectivity index is 2.83. The zero-order chi connectivity index (χ0) is 13.7. The van der Waals surface area contributed by atoms with Crippen LogP contribution in [0.3, 0.4) is 0 Å². The number of terminal acetylenes is 1. The van der Waals surface area contributed by atoms with E-state index in [1.807, 2.05) is 0 Å². The maximum atomic E-state index is 11.6. The molecule has 0 aromatic heterocycles. The third kappa shape index (κ3) is 3.34. The van der Waals surface area contributed by atoms with E-state index in [9.17, 15) is 9.59 Å². The highest BCUT2D eigenvalue weighted by molar-refractivity contribution is 5.96. The summed E-state index contributed by atoms with van der Waals surface area (Å²) >= 11 is 0. The van der Waals surface area contributed by atoms with E-state index in [1.54, 1.807) is 6.92 Å². The zero-order valence-electron chi connectivity index (χ0n) is 9.93. The maximum Gasteiger partial charge on any atom is 0.335 e. The molecule has 1 aromatic carbocycles. The van der Waals surface area contributed by atoms with Gasteiger partial charge in [-0.3, -0.25) is 4.79 Å². The number of amides is 1. The molecule has 0 radical (unpaired) electrons. The number of carboxylic acids is 1. The van der Waals surface area contributed by atoms with E-state index < -0.39 is 12.0 Å². The topological polar surface area (TPSA) is 92.4 Å². The predicted molar refractivity (Wildman–Crippen MR) is 68.2 cm³/mol. The van der Waals surface area contributed by atoms with Gasteiger partial charge in [-0.25, -0.2) is 4.79 Å². The molecule has 1 amide bonds. The second-order valence-corrected chi connectivity index (χ2v) is 3.84. The fourth-order valence-electron chi connectivity index (χ4n) is 1.38. The van der Waals surface area contributed by atoms with E-state index in [1.165, 1.54) is 18.2 Å². The van der Waals surface area contributed by atoms with Gasteiger partial charge in [-0.1, -0.05) is 0 Å². The van der Waals surface area contributed by atoms with Gasteiger partial charge in [-0.15, -0.1) is 12.3 Å². The zero-order valence-corrected chi connectivity index (χ0v) is 9.93. The van der Waals surface area contributed by atoms with Gasteiger partial charge in [-0.2, -0.15) is 0 Å². The molecule has 4 N–H and O–H groups in total. The number of aryl methyl sites for hydroxylation is 1. The number of benzene rings is 1. The largest absolute Gasteiger partial charge is 0.478 e. The van der Waals surface area contributed by atoms with Gasteiger partial charge in [0.2, 0.25) is 5.91 Å². The van der Waals surface area contributed by atoms with Crippen LogP contribution in [-0.2, 0) is 4.79 Å². The van der Waals surface area contributed by atoms with Gasteiger partial charge >= 0.3 is 5.97 Å². The van der Waals surface area contributed by atoms with Crippen LogP contribution in [0.4, 0.5) is 5.69 Å². The first kappa shape index (κ1) is 13.7. The molecule has 1 rings (SSSR count). The van der Waals surface area contributed by atoms with E-state index >= 15 is 0 Å². The highest BCUT2D eigenvalue weighted by Gasteiger charge is 2.13. The van der Waals surface area contributed by atoms with Gasteiger partial charge < -0.3 is 16.2 Å². The number of anilines is 1. The molecule has 0 aliphatic carbocycles. The molecule has 1 atom stereocenters. The Morgan fingerprint density at radius 3 is 2.72 bits per heavy atom. The molecule has 0 spiro atoms. The van der Waals surface area contributed by atoms with Crippen molar-refractivity contribution in [2.24, 2.45) is 5.73 Å². The van der Waals surface area contributed by atoms with Gasteiger partial charge in [0, 0.05) is 12.1 Å². The third-order valence-corrected chi connectivity index (χ3v) is 2.41. The summed E-state index contributed by atoms with van der Waals surface area (Å²) in [6.45, 7) is 1.70. The molecule has 5 nitrogen and oxygen atoms in total. The molecule has 0 saturated carbocycles. The van der Waals surface area contributed by atoms with Crippen LogP contribution in [0.15, 0.2) is 18.2 Å².